The molecule has 0 radical (unpaired) electrons. The van der Waals surface area contributed by atoms with E-state index in [1.807, 2.05) is 12.3 Å². The number of hydrogen-bond acceptors (Lipinski definition) is 4. The molecular weight excluding hydrogens is 541 g/mol. The normalized spacial score (nSPS) is 16.4. The average molecular weight is 574 g/mol. The summed E-state index contributed by atoms with van der Waals surface area (Å²) in [7, 11) is -1.80. The smallest absolute Gasteiger partial charge is 0.320 e. The molecule has 0 unspecified atom stereocenters. The van der Waals surface area contributed by atoms with Gasteiger partial charge in [0.25, 0.3) is 0 Å². The SMILES string of the molecule is O=C(O)[C@@H]1C[C@H](Cc2ccoc2)CN1.[Cl-].c1ccc([P+](Cc2ccoc2)(c2ccccc2)c2ccccc2)cc1. The van der Waals surface area contributed by atoms with Crippen LogP contribution in [-0.2, 0) is 17.4 Å². The van der Waals surface area contributed by atoms with Crippen LogP contribution in [0.4, 0.5) is 0 Å². The van der Waals surface area contributed by atoms with Crippen LogP contribution in [0.3, 0.4) is 0 Å². The molecule has 3 heterocycles. The molecule has 0 bridgehead atoms. The van der Waals surface area contributed by atoms with Crippen LogP contribution < -0.4 is 33.6 Å². The highest BCUT2D eigenvalue weighted by Gasteiger charge is 2.45. The molecule has 0 aliphatic carbocycles. The first-order valence-electron chi connectivity index (χ1n) is 13.2. The van der Waals surface area contributed by atoms with Gasteiger partial charge in [-0.15, -0.1) is 0 Å². The zero-order valence-corrected chi connectivity index (χ0v) is 23.8. The number of furan rings is 2. The van der Waals surface area contributed by atoms with Gasteiger partial charge in [-0.2, -0.15) is 0 Å². The molecule has 7 heteroatoms. The third kappa shape index (κ3) is 6.92. The number of aliphatic carboxylic acids is 1. The first kappa shape index (κ1) is 29.4. The number of carbonyl (C=O) groups is 1. The monoisotopic (exact) mass is 573 g/mol. The van der Waals surface area contributed by atoms with Crippen LogP contribution in [0.1, 0.15) is 17.5 Å². The van der Waals surface area contributed by atoms with Gasteiger partial charge >= 0.3 is 5.97 Å². The van der Waals surface area contributed by atoms with Crippen molar-refractivity contribution in [3.63, 3.8) is 0 Å². The highest BCUT2D eigenvalue weighted by atomic mass is 35.5. The fourth-order valence-corrected chi connectivity index (χ4v) is 9.53. The predicted molar refractivity (Wildman–Crippen MR) is 158 cm³/mol. The summed E-state index contributed by atoms with van der Waals surface area (Å²) in [5, 5.41) is 16.0. The van der Waals surface area contributed by atoms with Gasteiger partial charge in [0.2, 0.25) is 0 Å². The van der Waals surface area contributed by atoms with Crippen LogP contribution in [0.15, 0.2) is 137 Å². The number of rotatable bonds is 8. The molecule has 5 nitrogen and oxygen atoms in total. The van der Waals surface area contributed by atoms with Crippen LogP contribution in [-0.4, -0.2) is 23.7 Å². The number of benzene rings is 3. The molecule has 40 heavy (non-hydrogen) atoms. The summed E-state index contributed by atoms with van der Waals surface area (Å²) in [6.45, 7) is 0.780. The first-order chi connectivity index (χ1) is 19.1. The summed E-state index contributed by atoms with van der Waals surface area (Å²) in [6, 6.07) is 36.4. The zero-order valence-electron chi connectivity index (χ0n) is 22.1. The molecule has 0 spiro atoms. The van der Waals surface area contributed by atoms with Crippen molar-refractivity contribution in [3.05, 3.63) is 139 Å². The number of carboxylic acid groups (broad SMARTS) is 1. The Morgan fingerprint density at radius 1 is 0.750 bits per heavy atom. The van der Waals surface area contributed by atoms with E-state index >= 15 is 0 Å². The van der Waals surface area contributed by atoms with Crippen molar-refractivity contribution < 1.29 is 31.1 Å². The van der Waals surface area contributed by atoms with E-state index in [0.717, 1.165) is 24.7 Å². The Bertz CT molecular complexity index is 1310. The average Bonchev–Trinajstić information content (AvgIpc) is 3.78. The van der Waals surface area contributed by atoms with Crippen LogP contribution in [0.2, 0.25) is 0 Å². The molecule has 206 valence electrons. The number of nitrogens with one attached hydrogen (secondary N) is 1. The maximum atomic E-state index is 10.7. The Kier molecular flexibility index (Phi) is 10.4. The Morgan fingerprint density at radius 3 is 1.62 bits per heavy atom. The Hall–Kier alpha value is -3.63. The van der Waals surface area contributed by atoms with E-state index in [0.29, 0.717) is 12.3 Å². The minimum absolute atomic E-state index is 0. The standard InChI is InChI=1S/C23H20OP.C10H13NO3.ClH/c1-4-10-21(11-5-1)25(19-20-16-17-24-18-20,22-12-6-2-7-13-22)23-14-8-3-9-15-23;12-10(13)9-4-8(5-11-9)3-7-1-2-14-6-7;/h1-18H,19H2;1-2,6,8-9,11H,3-5H2,(H,12,13);1H/q+1;;/p-1/t;8-,9-;/m.0./s1. The fourth-order valence-electron chi connectivity index (χ4n) is 5.32. The van der Waals surface area contributed by atoms with E-state index in [9.17, 15) is 4.79 Å². The summed E-state index contributed by atoms with van der Waals surface area (Å²) in [5.74, 6) is -0.339. The van der Waals surface area contributed by atoms with E-state index < -0.39 is 13.2 Å². The lowest BCUT2D eigenvalue weighted by Gasteiger charge is -2.27. The van der Waals surface area contributed by atoms with E-state index in [1.165, 1.54) is 21.5 Å². The molecule has 1 fully saturated rings. The third-order valence-electron chi connectivity index (χ3n) is 7.22. The summed E-state index contributed by atoms with van der Waals surface area (Å²) in [5.41, 5.74) is 2.38. The van der Waals surface area contributed by atoms with Crippen molar-refractivity contribution in [1.29, 1.82) is 0 Å². The first-order valence-corrected chi connectivity index (χ1v) is 15.2. The number of halogens is 1. The van der Waals surface area contributed by atoms with Gasteiger partial charge in [0.05, 0.1) is 25.1 Å². The number of hydrogen-bond donors (Lipinski definition) is 2. The molecule has 1 aliphatic heterocycles. The maximum absolute atomic E-state index is 10.7. The second-order valence-corrected chi connectivity index (χ2v) is 13.3. The predicted octanol–water partition coefficient (Wildman–Crippen LogP) is 2.66. The second-order valence-electron chi connectivity index (χ2n) is 9.84. The Labute approximate surface area is 242 Å². The van der Waals surface area contributed by atoms with Gasteiger partial charge in [0.1, 0.15) is 35.4 Å². The minimum atomic E-state index is -1.80. The van der Waals surface area contributed by atoms with Crippen molar-refractivity contribution in [2.24, 2.45) is 5.92 Å². The maximum Gasteiger partial charge on any atom is 0.320 e. The van der Waals surface area contributed by atoms with Gasteiger partial charge in [-0.25, -0.2) is 0 Å². The molecule has 5 aromatic rings. The third-order valence-corrected chi connectivity index (χ3v) is 11.6. The van der Waals surface area contributed by atoms with Gasteiger partial charge in [-0.05, 0) is 79.4 Å². The van der Waals surface area contributed by atoms with Gasteiger partial charge < -0.3 is 31.7 Å². The topological polar surface area (TPSA) is 75.6 Å². The van der Waals surface area contributed by atoms with E-state index in [2.05, 4.69) is 102 Å². The molecular formula is C33H33ClNO4P. The molecule has 0 saturated carbocycles. The zero-order chi connectivity index (χ0) is 26.9. The summed E-state index contributed by atoms with van der Waals surface area (Å²) in [6.07, 6.45) is 9.57. The molecule has 2 atom stereocenters. The van der Waals surface area contributed by atoms with Crippen molar-refractivity contribution >= 4 is 29.1 Å². The van der Waals surface area contributed by atoms with Crippen molar-refractivity contribution in [2.75, 3.05) is 6.54 Å². The van der Waals surface area contributed by atoms with Gasteiger partial charge in [-0.3, -0.25) is 4.79 Å². The summed E-state index contributed by atoms with van der Waals surface area (Å²) in [4.78, 5) is 10.7. The van der Waals surface area contributed by atoms with Gasteiger partial charge in [0.15, 0.2) is 0 Å². The molecule has 1 saturated heterocycles. The van der Waals surface area contributed by atoms with Crippen LogP contribution in [0.25, 0.3) is 0 Å². The largest absolute Gasteiger partial charge is 1.00 e. The lowest BCUT2D eigenvalue weighted by molar-refractivity contribution is -0.139. The molecule has 6 rings (SSSR count). The van der Waals surface area contributed by atoms with Crippen LogP contribution >= 0.6 is 7.26 Å². The lowest BCUT2D eigenvalue weighted by Crippen LogP contribution is -3.00. The molecule has 3 aromatic carbocycles. The van der Waals surface area contributed by atoms with Gasteiger partial charge in [0, 0.05) is 5.56 Å². The fraction of sp³-hybridized carbons (Fsp3) is 0.182. The van der Waals surface area contributed by atoms with Crippen molar-refractivity contribution in [3.8, 4) is 0 Å². The Balaban J connectivity index is 0.000000210. The molecule has 2 aromatic heterocycles. The lowest BCUT2D eigenvalue weighted by atomic mass is 9.98. The summed E-state index contributed by atoms with van der Waals surface area (Å²) < 4.78 is 10.3. The highest BCUT2D eigenvalue weighted by molar-refractivity contribution is 7.95. The van der Waals surface area contributed by atoms with Crippen LogP contribution in [0.5, 0.6) is 0 Å². The highest BCUT2D eigenvalue weighted by Crippen LogP contribution is 2.58. The molecule has 0 amide bonds. The van der Waals surface area contributed by atoms with Crippen molar-refractivity contribution in [1.82, 2.24) is 5.32 Å². The molecule has 1 aliphatic rings. The number of carboxylic acids is 1. The van der Waals surface area contributed by atoms with E-state index in [-0.39, 0.29) is 18.4 Å². The molecule has 2 N–H and O–H groups in total. The van der Waals surface area contributed by atoms with Crippen LogP contribution in [0, 0.1) is 5.92 Å². The van der Waals surface area contributed by atoms with E-state index in [4.69, 9.17) is 13.9 Å². The minimum Gasteiger partial charge on any atom is -1.00 e. The summed E-state index contributed by atoms with van der Waals surface area (Å²) >= 11 is 0. The quantitative estimate of drug-likeness (QED) is 0.279. The second kappa shape index (κ2) is 14.1. The van der Waals surface area contributed by atoms with Gasteiger partial charge in [-0.1, -0.05) is 54.6 Å². The van der Waals surface area contributed by atoms with Crippen molar-refractivity contribution in [2.45, 2.75) is 25.0 Å². The Morgan fingerprint density at radius 2 is 1.23 bits per heavy atom. The van der Waals surface area contributed by atoms with E-state index in [1.54, 1.807) is 18.8 Å².